The topological polar surface area (TPSA) is 111 Å². The van der Waals surface area contributed by atoms with Crippen molar-refractivity contribution in [3.8, 4) is 0 Å². The number of nitro benzene ring substituents is 1. The molecule has 0 aromatic heterocycles. The maximum absolute atomic E-state index is 12.9. The molecule has 202 valence electrons. The number of para-hydroxylation sites is 2. The molecule has 2 saturated heterocycles. The van der Waals surface area contributed by atoms with Crippen molar-refractivity contribution in [3.05, 3.63) is 58.1 Å². The van der Waals surface area contributed by atoms with Crippen LogP contribution in [0.3, 0.4) is 0 Å². The van der Waals surface area contributed by atoms with E-state index in [1.54, 1.807) is 12.1 Å². The largest absolute Gasteiger partial charge is 0.366 e. The molecular weight excluding hydrogens is 504 g/mol. The molecule has 0 aliphatic carbocycles. The van der Waals surface area contributed by atoms with Crippen LogP contribution in [0.5, 0.6) is 0 Å². The molecule has 0 saturated carbocycles. The van der Waals surface area contributed by atoms with Crippen LogP contribution >= 0.6 is 12.2 Å². The molecule has 2 N–H and O–H groups in total. The van der Waals surface area contributed by atoms with E-state index < -0.39 is 10.8 Å². The first-order valence-electron chi connectivity index (χ1n) is 13.0. The number of nitrogens with zero attached hydrogens (tertiary/aromatic N) is 4. The van der Waals surface area contributed by atoms with Gasteiger partial charge in [-0.1, -0.05) is 26.0 Å². The number of nitro groups is 1. The lowest BCUT2D eigenvalue weighted by atomic mass is 10.1. The summed E-state index contributed by atoms with van der Waals surface area (Å²) in [4.78, 5) is 42.6. The van der Waals surface area contributed by atoms with E-state index in [2.05, 4.69) is 15.5 Å². The lowest BCUT2D eigenvalue weighted by Crippen LogP contribution is -2.50. The molecule has 0 bridgehead atoms. The van der Waals surface area contributed by atoms with Gasteiger partial charge in [0.2, 0.25) is 5.91 Å². The Bertz CT molecular complexity index is 1210. The Kier molecular flexibility index (Phi) is 8.77. The number of piperidine rings is 1. The molecule has 2 aromatic carbocycles. The van der Waals surface area contributed by atoms with E-state index in [-0.39, 0.29) is 28.2 Å². The van der Waals surface area contributed by atoms with E-state index in [0.29, 0.717) is 31.9 Å². The summed E-state index contributed by atoms with van der Waals surface area (Å²) in [5, 5.41) is 17.6. The molecule has 0 atom stereocenters. The Labute approximate surface area is 228 Å². The van der Waals surface area contributed by atoms with Gasteiger partial charge in [0.15, 0.2) is 5.11 Å². The van der Waals surface area contributed by atoms with Crippen LogP contribution in [0, 0.1) is 16.0 Å². The first-order chi connectivity index (χ1) is 18.2. The van der Waals surface area contributed by atoms with E-state index in [1.165, 1.54) is 6.07 Å². The number of carbonyl (C=O) groups excluding carboxylic acids is 2. The van der Waals surface area contributed by atoms with Crippen LogP contribution in [0.4, 0.5) is 22.7 Å². The Morgan fingerprint density at radius 2 is 1.58 bits per heavy atom. The summed E-state index contributed by atoms with van der Waals surface area (Å²) >= 11 is 5.41. The third-order valence-corrected chi connectivity index (χ3v) is 7.14. The van der Waals surface area contributed by atoms with Crippen LogP contribution in [-0.4, -0.2) is 66.0 Å². The second-order valence-electron chi connectivity index (χ2n) is 9.90. The SMILES string of the molecule is CC(C)C(=O)N1CCN(c2ccccc2NC(=S)NC(=O)c2ccc(N3CCCCC3)c([N+](=O)[O-])c2)CC1. The summed E-state index contributed by atoms with van der Waals surface area (Å²) in [6.45, 7) is 7.99. The van der Waals surface area contributed by atoms with Gasteiger partial charge in [-0.15, -0.1) is 0 Å². The number of thiocarbonyl (C=S) groups is 1. The van der Waals surface area contributed by atoms with Crippen molar-refractivity contribution in [1.29, 1.82) is 0 Å². The van der Waals surface area contributed by atoms with Crippen LogP contribution < -0.4 is 20.4 Å². The molecule has 38 heavy (non-hydrogen) atoms. The highest BCUT2D eigenvalue weighted by atomic mass is 32.1. The van der Waals surface area contributed by atoms with E-state index in [1.807, 2.05) is 47.9 Å². The van der Waals surface area contributed by atoms with E-state index in [4.69, 9.17) is 12.2 Å². The fourth-order valence-electron chi connectivity index (χ4n) is 4.93. The van der Waals surface area contributed by atoms with Crippen molar-refractivity contribution < 1.29 is 14.5 Å². The van der Waals surface area contributed by atoms with Gasteiger partial charge in [-0.25, -0.2) is 0 Å². The van der Waals surface area contributed by atoms with E-state index in [0.717, 1.165) is 43.7 Å². The van der Waals surface area contributed by atoms with Crippen LogP contribution in [0.25, 0.3) is 0 Å². The van der Waals surface area contributed by atoms with Crippen molar-refractivity contribution in [3.63, 3.8) is 0 Å². The molecule has 2 heterocycles. The third-order valence-electron chi connectivity index (χ3n) is 6.94. The van der Waals surface area contributed by atoms with Crippen LogP contribution in [0.1, 0.15) is 43.5 Å². The minimum Gasteiger partial charge on any atom is -0.366 e. The first-order valence-corrected chi connectivity index (χ1v) is 13.4. The zero-order valence-corrected chi connectivity index (χ0v) is 22.6. The molecule has 2 fully saturated rings. The Morgan fingerprint density at radius 1 is 0.921 bits per heavy atom. The lowest BCUT2D eigenvalue weighted by Gasteiger charge is -2.37. The average molecular weight is 539 g/mol. The number of piperazine rings is 1. The molecule has 4 rings (SSSR count). The van der Waals surface area contributed by atoms with Crippen molar-refractivity contribution >= 4 is 51.9 Å². The normalized spacial score (nSPS) is 15.8. The van der Waals surface area contributed by atoms with Gasteiger partial charge in [0.25, 0.3) is 11.6 Å². The van der Waals surface area contributed by atoms with Crippen LogP contribution in [-0.2, 0) is 4.79 Å². The molecule has 2 aromatic rings. The minimum absolute atomic E-state index is 0.0288. The van der Waals surface area contributed by atoms with Crippen LogP contribution in [0.2, 0.25) is 0 Å². The van der Waals surface area contributed by atoms with Gasteiger partial charge in [0.1, 0.15) is 5.69 Å². The molecule has 0 radical (unpaired) electrons. The standard InChI is InChI=1S/C27H34N6O4S/c1-19(2)26(35)32-16-14-31(15-17-32)22-9-5-4-8-21(22)28-27(38)29-25(34)20-10-11-23(24(18-20)33(36)37)30-12-6-3-7-13-30/h4-5,8-11,18-19H,3,6-7,12-17H2,1-2H3,(H2,28,29,34,38). The minimum atomic E-state index is -0.519. The third kappa shape index (κ3) is 6.39. The maximum atomic E-state index is 12.9. The van der Waals surface area contributed by atoms with Gasteiger partial charge < -0.3 is 20.0 Å². The number of anilines is 3. The van der Waals surface area contributed by atoms with E-state index >= 15 is 0 Å². The molecule has 2 amide bonds. The summed E-state index contributed by atoms with van der Waals surface area (Å²) in [6, 6.07) is 12.2. The van der Waals surface area contributed by atoms with Gasteiger partial charge in [-0.3, -0.25) is 25.0 Å². The lowest BCUT2D eigenvalue weighted by molar-refractivity contribution is -0.384. The molecule has 0 unspecified atom stereocenters. The second kappa shape index (κ2) is 12.2. The number of nitrogens with one attached hydrogen (secondary N) is 2. The highest BCUT2D eigenvalue weighted by Crippen LogP contribution is 2.31. The predicted molar refractivity (Wildman–Crippen MR) is 153 cm³/mol. The number of amides is 2. The Balaban J connectivity index is 1.41. The summed E-state index contributed by atoms with van der Waals surface area (Å²) in [6.07, 6.45) is 3.10. The summed E-state index contributed by atoms with van der Waals surface area (Å²) < 4.78 is 0. The number of benzene rings is 2. The van der Waals surface area contributed by atoms with Crippen molar-refractivity contribution in [2.45, 2.75) is 33.1 Å². The Morgan fingerprint density at radius 3 is 2.24 bits per heavy atom. The van der Waals surface area contributed by atoms with Crippen molar-refractivity contribution in [2.24, 2.45) is 5.92 Å². The zero-order chi connectivity index (χ0) is 27.2. The fourth-order valence-corrected chi connectivity index (χ4v) is 5.13. The van der Waals surface area contributed by atoms with Crippen molar-refractivity contribution in [2.75, 3.05) is 54.4 Å². The molecule has 2 aliphatic heterocycles. The van der Waals surface area contributed by atoms with Crippen molar-refractivity contribution in [1.82, 2.24) is 10.2 Å². The van der Waals surface area contributed by atoms with Gasteiger partial charge in [-0.2, -0.15) is 0 Å². The fraction of sp³-hybridized carbons (Fsp3) is 0.444. The molecule has 11 heteroatoms. The van der Waals surface area contributed by atoms with Gasteiger partial charge >= 0.3 is 0 Å². The number of hydrogen-bond acceptors (Lipinski definition) is 7. The quantitative estimate of drug-likeness (QED) is 0.322. The second-order valence-corrected chi connectivity index (χ2v) is 10.3. The maximum Gasteiger partial charge on any atom is 0.293 e. The molecule has 0 spiro atoms. The average Bonchev–Trinajstić information content (AvgIpc) is 2.93. The predicted octanol–water partition coefficient (Wildman–Crippen LogP) is 4.02. The number of rotatable bonds is 6. The first kappa shape index (κ1) is 27.3. The number of hydrogen-bond donors (Lipinski definition) is 2. The van der Waals surface area contributed by atoms with Gasteiger partial charge in [0.05, 0.1) is 16.3 Å². The molecule has 10 nitrogen and oxygen atoms in total. The highest BCUT2D eigenvalue weighted by Gasteiger charge is 2.25. The van der Waals surface area contributed by atoms with Gasteiger partial charge in [0, 0.05) is 56.8 Å². The Hall–Kier alpha value is -3.73. The number of carbonyl (C=O) groups is 2. The summed E-state index contributed by atoms with van der Waals surface area (Å²) in [5.74, 6) is -0.392. The highest BCUT2D eigenvalue weighted by molar-refractivity contribution is 7.80. The monoisotopic (exact) mass is 538 g/mol. The molecule has 2 aliphatic rings. The molecular formula is C27H34N6O4S. The van der Waals surface area contributed by atoms with Crippen LogP contribution in [0.15, 0.2) is 42.5 Å². The van der Waals surface area contributed by atoms with Gasteiger partial charge in [-0.05, 0) is 55.7 Å². The smallest absolute Gasteiger partial charge is 0.293 e. The summed E-state index contributed by atoms with van der Waals surface area (Å²) in [5.41, 5.74) is 2.27. The zero-order valence-electron chi connectivity index (χ0n) is 21.8. The van der Waals surface area contributed by atoms with E-state index in [9.17, 15) is 19.7 Å². The summed E-state index contributed by atoms with van der Waals surface area (Å²) in [7, 11) is 0.